The Kier molecular flexibility index (Phi) is 8.30. The third kappa shape index (κ3) is 5.85. The Balaban J connectivity index is 1.27. The first-order valence-electron chi connectivity index (χ1n) is 14.5. The Hall–Kier alpha value is -3.75. The second-order valence-electron chi connectivity index (χ2n) is 11.0. The summed E-state index contributed by atoms with van der Waals surface area (Å²) >= 11 is 1.61. The average molecular weight is 569 g/mol. The molecule has 2 aliphatic heterocycles. The Morgan fingerprint density at radius 1 is 1.00 bits per heavy atom. The van der Waals surface area contributed by atoms with Gasteiger partial charge in [-0.05, 0) is 54.7 Å². The number of methoxy groups -OCH3 is 1. The van der Waals surface area contributed by atoms with Gasteiger partial charge in [0.15, 0.2) is 0 Å². The van der Waals surface area contributed by atoms with Crippen molar-refractivity contribution >= 4 is 39.1 Å². The molecule has 41 heavy (non-hydrogen) atoms. The number of esters is 1. The lowest BCUT2D eigenvalue weighted by Crippen LogP contribution is -2.38. The zero-order valence-corrected chi connectivity index (χ0v) is 24.2. The fourth-order valence-electron chi connectivity index (χ4n) is 6.21. The predicted octanol–water partition coefficient (Wildman–Crippen LogP) is 6.07. The lowest BCUT2D eigenvalue weighted by Gasteiger charge is -2.32. The molecule has 2 aliphatic rings. The number of piperidine rings is 1. The van der Waals surface area contributed by atoms with Gasteiger partial charge in [-0.25, -0.2) is 0 Å². The van der Waals surface area contributed by atoms with Gasteiger partial charge in [0.2, 0.25) is 0 Å². The van der Waals surface area contributed by atoms with Gasteiger partial charge < -0.3 is 15.0 Å². The number of hydrogen-bond donors (Lipinski definition) is 1. The lowest BCUT2D eigenvalue weighted by molar-refractivity contribution is -0.146. The van der Waals surface area contributed by atoms with Crippen molar-refractivity contribution in [2.75, 3.05) is 32.1 Å². The molecule has 0 aliphatic carbocycles. The van der Waals surface area contributed by atoms with Crippen molar-refractivity contribution in [2.24, 2.45) is 0 Å². The van der Waals surface area contributed by atoms with Crippen molar-refractivity contribution in [2.45, 2.75) is 50.7 Å². The number of hydrogen-bond acceptors (Lipinski definition) is 7. The topological polar surface area (TPSA) is 74.8 Å². The summed E-state index contributed by atoms with van der Waals surface area (Å²) in [5.74, 6) is 0.335. The number of rotatable bonds is 8. The van der Waals surface area contributed by atoms with Crippen LogP contribution in [0.15, 0.2) is 72.2 Å². The van der Waals surface area contributed by atoms with Gasteiger partial charge in [-0.3, -0.25) is 19.5 Å². The zero-order valence-electron chi connectivity index (χ0n) is 23.4. The first kappa shape index (κ1) is 27.4. The van der Waals surface area contributed by atoms with E-state index in [1.165, 1.54) is 12.7 Å². The molecule has 2 saturated heterocycles. The van der Waals surface area contributed by atoms with E-state index >= 15 is 0 Å². The highest BCUT2D eigenvalue weighted by Gasteiger charge is 2.33. The highest BCUT2D eigenvalue weighted by molar-refractivity contribution is 7.18. The van der Waals surface area contributed by atoms with Crippen LogP contribution >= 0.6 is 11.3 Å². The van der Waals surface area contributed by atoms with Crippen molar-refractivity contribution in [1.82, 2.24) is 14.8 Å². The van der Waals surface area contributed by atoms with E-state index in [1.807, 2.05) is 29.2 Å². The van der Waals surface area contributed by atoms with E-state index in [1.54, 1.807) is 17.5 Å². The molecule has 8 heteroatoms. The van der Waals surface area contributed by atoms with Gasteiger partial charge in [-0.15, -0.1) is 11.3 Å². The predicted molar refractivity (Wildman–Crippen MR) is 163 cm³/mol. The Bertz CT molecular complexity index is 1500. The molecule has 4 heterocycles. The number of carbonyl (C=O) groups is 2. The Morgan fingerprint density at radius 3 is 2.46 bits per heavy atom. The minimum absolute atomic E-state index is 0.0294. The van der Waals surface area contributed by atoms with Crippen LogP contribution in [0.25, 0.3) is 10.2 Å². The van der Waals surface area contributed by atoms with E-state index in [0.29, 0.717) is 24.6 Å². The van der Waals surface area contributed by atoms with Crippen molar-refractivity contribution in [3.05, 3.63) is 94.5 Å². The van der Waals surface area contributed by atoms with Crippen LogP contribution in [0.3, 0.4) is 0 Å². The quantitative estimate of drug-likeness (QED) is 0.260. The molecule has 1 N–H and O–H groups in total. The minimum atomic E-state index is -0.217. The van der Waals surface area contributed by atoms with E-state index in [2.05, 4.69) is 52.0 Å². The monoisotopic (exact) mass is 568 g/mol. The average Bonchev–Trinajstić information content (AvgIpc) is 3.67. The largest absolute Gasteiger partial charge is 0.468 e. The summed E-state index contributed by atoms with van der Waals surface area (Å²) in [4.78, 5) is 35.3. The summed E-state index contributed by atoms with van der Waals surface area (Å²) in [6.07, 6.45) is 5.45. The lowest BCUT2D eigenvalue weighted by atomic mass is 9.89. The number of nitrogens with zero attached hydrogens (tertiary/aromatic N) is 3. The van der Waals surface area contributed by atoms with Crippen LogP contribution in [0.4, 0.5) is 5.69 Å². The molecule has 2 aromatic heterocycles. The standard InChI is InChI=1S/C33H36N4O3S/c1-40-33(39)28-13-8-16-37(28)21-26-22-41-31-29(26)35-20-27(30(31)34-19-23-9-4-2-5-10-23)32(38)36-17-14-25(15-18-36)24-11-6-3-7-12-24/h2-7,9-12,20,22,25,28H,8,13-19,21H2,1H3,(H,34,35)/t28-/m0/s1. The molecule has 1 atom stereocenters. The molecule has 6 rings (SSSR count). The van der Waals surface area contributed by atoms with Gasteiger partial charge in [0.25, 0.3) is 5.91 Å². The fourth-order valence-corrected chi connectivity index (χ4v) is 7.25. The van der Waals surface area contributed by atoms with Crippen LogP contribution in [-0.4, -0.2) is 59.4 Å². The normalized spacial score (nSPS) is 18.1. The van der Waals surface area contributed by atoms with Gasteiger partial charge in [-0.1, -0.05) is 60.7 Å². The first-order valence-corrected chi connectivity index (χ1v) is 15.3. The van der Waals surface area contributed by atoms with E-state index in [4.69, 9.17) is 9.72 Å². The molecule has 1 amide bonds. The van der Waals surface area contributed by atoms with Gasteiger partial charge in [0, 0.05) is 37.9 Å². The van der Waals surface area contributed by atoms with Gasteiger partial charge in [0.05, 0.1) is 28.6 Å². The number of amides is 1. The van der Waals surface area contributed by atoms with Crippen LogP contribution < -0.4 is 5.32 Å². The number of pyridine rings is 1. The minimum Gasteiger partial charge on any atom is -0.468 e. The second kappa shape index (κ2) is 12.4. The van der Waals surface area contributed by atoms with Gasteiger partial charge in [-0.2, -0.15) is 0 Å². The van der Waals surface area contributed by atoms with Crippen LogP contribution in [0.2, 0.25) is 0 Å². The Labute approximate surface area is 245 Å². The van der Waals surface area contributed by atoms with Crippen molar-refractivity contribution < 1.29 is 14.3 Å². The summed E-state index contributed by atoms with van der Waals surface area (Å²) in [5, 5.41) is 5.73. The maximum atomic E-state index is 13.9. The number of likely N-dealkylation sites (tertiary alicyclic amines) is 2. The number of nitrogens with one attached hydrogen (secondary N) is 1. The molecule has 7 nitrogen and oxygen atoms in total. The molecule has 0 unspecified atom stereocenters. The number of thiophene rings is 1. The third-order valence-electron chi connectivity index (χ3n) is 8.46. The molecule has 0 saturated carbocycles. The fraction of sp³-hybridized carbons (Fsp3) is 0.364. The zero-order chi connectivity index (χ0) is 28.2. The molecule has 2 fully saturated rings. The van der Waals surface area contributed by atoms with E-state index in [9.17, 15) is 9.59 Å². The molecule has 0 radical (unpaired) electrons. The highest BCUT2D eigenvalue weighted by atomic mass is 32.1. The number of anilines is 1. The summed E-state index contributed by atoms with van der Waals surface area (Å²) in [5.41, 5.74) is 5.93. The maximum absolute atomic E-state index is 13.9. The SMILES string of the molecule is COC(=O)[C@@H]1CCCN1Cc1csc2c(NCc3ccccc3)c(C(=O)N3CCC(c4ccccc4)CC3)cnc12. The number of carbonyl (C=O) groups excluding carboxylic acids is 2. The van der Waals surface area contributed by atoms with Crippen molar-refractivity contribution in [3.63, 3.8) is 0 Å². The molecule has 4 aromatic rings. The first-order chi connectivity index (χ1) is 20.1. The van der Waals surface area contributed by atoms with Crippen molar-refractivity contribution in [1.29, 1.82) is 0 Å². The summed E-state index contributed by atoms with van der Waals surface area (Å²) in [6.45, 7) is 3.55. The second-order valence-corrected chi connectivity index (χ2v) is 11.8. The van der Waals surface area contributed by atoms with Crippen molar-refractivity contribution in [3.8, 4) is 0 Å². The number of fused-ring (bicyclic) bond motifs is 1. The van der Waals surface area contributed by atoms with Gasteiger partial charge >= 0.3 is 5.97 Å². The molecule has 0 bridgehead atoms. The number of aromatic nitrogens is 1. The van der Waals surface area contributed by atoms with E-state index in [0.717, 1.165) is 72.3 Å². The molecule has 0 spiro atoms. The van der Waals surface area contributed by atoms with Crippen LogP contribution in [-0.2, 0) is 22.6 Å². The van der Waals surface area contributed by atoms with Crippen LogP contribution in [0.5, 0.6) is 0 Å². The maximum Gasteiger partial charge on any atom is 0.323 e. The highest BCUT2D eigenvalue weighted by Crippen LogP contribution is 2.37. The number of ether oxygens (including phenoxy) is 1. The molecular weight excluding hydrogens is 532 g/mol. The van der Waals surface area contributed by atoms with E-state index < -0.39 is 0 Å². The van der Waals surface area contributed by atoms with Crippen LogP contribution in [0, 0.1) is 0 Å². The van der Waals surface area contributed by atoms with E-state index in [-0.39, 0.29) is 17.9 Å². The molecular formula is C33H36N4O3S. The summed E-state index contributed by atoms with van der Waals surface area (Å²) in [6, 6.07) is 20.6. The molecule has 2 aromatic carbocycles. The molecule has 212 valence electrons. The smallest absolute Gasteiger partial charge is 0.323 e. The Morgan fingerprint density at radius 2 is 1.73 bits per heavy atom. The summed E-state index contributed by atoms with van der Waals surface area (Å²) < 4.78 is 6.03. The van der Waals surface area contributed by atoms with Crippen LogP contribution in [0.1, 0.15) is 58.6 Å². The number of benzene rings is 2. The third-order valence-corrected chi connectivity index (χ3v) is 9.50. The van der Waals surface area contributed by atoms with Gasteiger partial charge in [0.1, 0.15) is 6.04 Å². The summed E-state index contributed by atoms with van der Waals surface area (Å²) in [7, 11) is 1.45.